The number of carbonyl (C=O) groups is 1. The van der Waals surface area contributed by atoms with Crippen LogP contribution in [-0.2, 0) is 6.42 Å². The molecule has 0 spiro atoms. The molecule has 0 aliphatic rings. The largest absolute Gasteiger partial charge is 0.365 e. The minimum atomic E-state index is -0.462. The van der Waals surface area contributed by atoms with Gasteiger partial charge >= 0.3 is 0 Å². The van der Waals surface area contributed by atoms with Crippen LogP contribution in [0.25, 0.3) is 5.69 Å². The zero-order valence-corrected chi connectivity index (χ0v) is 11.5. The van der Waals surface area contributed by atoms with Gasteiger partial charge in [0.25, 0.3) is 5.91 Å². The summed E-state index contributed by atoms with van der Waals surface area (Å²) in [6, 6.07) is 1.87. The summed E-state index contributed by atoms with van der Waals surface area (Å²) in [5.41, 5.74) is 8.21. The van der Waals surface area contributed by atoms with Crippen LogP contribution in [-0.4, -0.2) is 20.4 Å². The molecule has 0 fully saturated rings. The predicted molar refractivity (Wildman–Crippen MR) is 73.3 cm³/mol. The number of pyridine rings is 1. The molecule has 0 saturated carbocycles. The van der Waals surface area contributed by atoms with E-state index in [0.717, 1.165) is 30.0 Å². The van der Waals surface area contributed by atoms with E-state index in [0.29, 0.717) is 11.3 Å². The van der Waals surface area contributed by atoms with Crippen LogP contribution in [0, 0.1) is 13.8 Å². The number of hydrogen-bond donors (Lipinski definition) is 1. The monoisotopic (exact) mass is 258 g/mol. The standard InChI is InChI=1S/C14H18N4O/c1-4-5-12-16-6-7-18(12)11-8-9(2)17-10(3)13(11)14(15)19/h6-8H,4-5H2,1-3H3,(H2,15,19). The Morgan fingerprint density at radius 1 is 1.42 bits per heavy atom. The second kappa shape index (κ2) is 5.22. The maximum absolute atomic E-state index is 11.7. The molecule has 0 aromatic carbocycles. The number of hydrogen-bond acceptors (Lipinski definition) is 3. The van der Waals surface area contributed by atoms with Gasteiger partial charge in [-0.15, -0.1) is 0 Å². The van der Waals surface area contributed by atoms with Gasteiger partial charge in [0.05, 0.1) is 16.9 Å². The molecule has 100 valence electrons. The van der Waals surface area contributed by atoms with E-state index in [4.69, 9.17) is 5.73 Å². The highest BCUT2D eigenvalue weighted by Gasteiger charge is 2.16. The van der Waals surface area contributed by atoms with Crippen molar-refractivity contribution >= 4 is 5.91 Å². The van der Waals surface area contributed by atoms with Gasteiger partial charge in [0.2, 0.25) is 0 Å². The third-order valence-corrected chi connectivity index (χ3v) is 3.00. The van der Waals surface area contributed by atoms with Crippen molar-refractivity contribution in [3.8, 4) is 5.69 Å². The SMILES string of the molecule is CCCc1nccn1-c1cc(C)nc(C)c1C(N)=O. The molecule has 2 aromatic heterocycles. The lowest BCUT2D eigenvalue weighted by molar-refractivity contribution is 0.0999. The van der Waals surface area contributed by atoms with E-state index in [1.807, 2.05) is 23.8 Å². The van der Waals surface area contributed by atoms with E-state index in [1.165, 1.54) is 0 Å². The van der Waals surface area contributed by atoms with E-state index in [-0.39, 0.29) is 0 Å². The number of aromatic nitrogens is 3. The van der Waals surface area contributed by atoms with E-state index < -0.39 is 5.91 Å². The average molecular weight is 258 g/mol. The number of imidazole rings is 1. The molecule has 5 nitrogen and oxygen atoms in total. The first-order valence-electron chi connectivity index (χ1n) is 6.35. The molecule has 0 saturated heterocycles. The molecule has 19 heavy (non-hydrogen) atoms. The molecule has 0 aliphatic heterocycles. The molecule has 0 aliphatic carbocycles. The summed E-state index contributed by atoms with van der Waals surface area (Å²) < 4.78 is 1.92. The van der Waals surface area contributed by atoms with Gasteiger partial charge in [-0.2, -0.15) is 0 Å². The summed E-state index contributed by atoms with van der Waals surface area (Å²) in [7, 11) is 0. The summed E-state index contributed by atoms with van der Waals surface area (Å²) in [5.74, 6) is 0.464. The molecule has 2 heterocycles. The van der Waals surface area contributed by atoms with Gasteiger partial charge in [-0.05, 0) is 26.3 Å². The van der Waals surface area contributed by atoms with Gasteiger partial charge in [0, 0.05) is 24.5 Å². The van der Waals surface area contributed by atoms with Crippen molar-refractivity contribution in [2.24, 2.45) is 5.73 Å². The van der Waals surface area contributed by atoms with Crippen LogP contribution in [0.4, 0.5) is 0 Å². The summed E-state index contributed by atoms with van der Waals surface area (Å²) in [6.45, 7) is 5.79. The average Bonchev–Trinajstić information content (AvgIpc) is 2.75. The van der Waals surface area contributed by atoms with Crippen molar-refractivity contribution in [1.29, 1.82) is 0 Å². The maximum Gasteiger partial charge on any atom is 0.252 e. The van der Waals surface area contributed by atoms with Crippen LogP contribution >= 0.6 is 0 Å². The van der Waals surface area contributed by atoms with Crippen molar-refractivity contribution in [2.45, 2.75) is 33.6 Å². The van der Waals surface area contributed by atoms with Crippen molar-refractivity contribution in [1.82, 2.24) is 14.5 Å². The Morgan fingerprint density at radius 3 is 2.79 bits per heavy atom. The molecule has 0 radical (unpaired) electrons. The Kier molecular flexibility index (Phi) is 3.64. The Hall–Kier alpha value is -2.17. The van der Waals surface area contributed by atoms with Crippen molar-refractivity contribution in [3.05, 3.63) is 41.2 Å². The Balaban J connectivity index is 2.66. The quantitative estimate of drug-likeness (QED) is 0.910. The number of amides is 1. The topological polar surface area (TPSA) is 73.8 Å². The lowest BCUT2D eigenvalue weighted by atomic mass is 10.1. The number of aryl methyl sites for hydroxylation is 3. The fraction of sp³-hybridized carbons (Fsp3) is 0.357. The van der Waals surface area contributed by atoms with Gasteiger partial charge in [-0.1, -0.05) is 6.92 Å². The fourth-order valence-electron chi connectivity index (χ4n) is 2.26. The van der Waals surface area contributed by atoms with Crippen molar-refractivity contribution in [3.63, 3.8) is 0 Å². The summed E-state index contributed by atoms with van der Waals surface area (Å²) >= 11 is 0. The molecule has 1 amide bonds. The van der Waals surface area contributed by atoms with Gasteiger partial charge in [0.15, 0.2) is 0 Å². The first-order valence-corrected chi connectivity index (χ1v) is 6.35. The number of nitrogens with two attached hydrogens (primary N) is 1. The van der Waals surface area contributed by atoms with Gasteiger partial charge in [0.1, 0.15) is 5.82 Å². The third kappa shape index (κ3) is 2.50. The highest BCUT2D eigenvalue weighted by Crippen LogP contribution is 2.20. The van der Waals surface area contributed by atoms with E-state index in [2.05, 4.69) is 16.9 Å². The van der Waals surface area contributed by atoms with E-state index in [9.17, 15) is 4.79 Å². The van der Waals surface area contributed by atoms with Crippen LogP contribution < -0.4 is 5.73 Å². The minimum absolute atomic E-state index is 0.459. The second-order valence-electron chi connectivity index (χ2n) is 4.57. The molecule has 2 rings (SSSR count). The zero-order chi connectivity index (χ0) is 14.0. The Labute approximate surface area is 112 Å². The molecule has 0 atom stereocenters. The molecule has 2 N–H and O–H groups in total. The molecule has 5 heteroatoms. The molecular weight excluding hydrogens is 240 g/mol. The number of carbonyl (C=O) groups excluding carboxylic acids is 1. The van der Waals surface area contributed by atoms with Crippen molar-refractivity contribution < 1.29 is 4.79 Å². The first-order chi connectivity index (χ1) is 9.04. The normalized spacial score (nSPS) is 10.7. The van der Waals surface area contributed by atoms with Crippen LogP contribution in [0.3, 0.4) is 0 Å². The lowest BCUT2D eigenvalue weighted by Gasteiger charge is -2.13. The molecule has 0 bridgehead atoms. The molecule has 0 unspecified atom stereocenters. The van der Waals surface area contributed by atoms with Crippen LogP contribution in [0.15, 0.2) is 18.5 Å². The second-order valence-corrected chi connectivity index (χ2v) is 4.57. The number of primary amides is 1. The predicted octanol–water partition coefficient (Wildman–Crippen LogP) is 1.94. The Bertz CT molecular complexity index is 616. The van der Waals surface area contributed by atoms with Crippen LogP contribution in [0.1, 0.15) is 40.9 Å². The smallest absolute Gasteiger partial charge is 0.252 e. The molecular formula is C14H18N4O. The number of nitrogens with zero attached hydrogens (tertiary/aromatic N) is 3. The van der Waals surface area contributed by atoms with Gasteiger partial charge in [-0.3, -0.25) is 9.78 Å². The maximum atomic E-state index is 11.7. The Morgan fingerprint density at radius 2 is 2.16 bits per heavy atom. The van der Waals surface area contributed by atoms with E-state index >= 15 is 0 Å². The van der Waals surface area contributed by atoms with Gasteiger partial charge in [-0.25, -0.2) is 4.98 Å². The van der Waals surface area contributed by atoms with E-state index in [1.54, 1.807) is 13.1 Å². The first kappa shape index (κ1) is 13.3. The highest BCUT2D eigenvalue weighted by molar-refractivity contribution is 5.97. The summed E-state index contributed by atoms with van der Waals surface area (Å²) in [6.07, 6.45) is 5.43. The lowest BCUT2D eigenvalue weighted by Crippen LogP contribution is -2.18. The zero-order valence-electron chi connectivity index (χ0n) is 11.5. The fourth-order valence-corrected chi connectivity index (χ4v) is 2.26. The van der Waals surface area contributed by atoms with Crippen LogP contribution in [0.2, 0.25) is 0 Å². The number of rotatable bonds is 4. The summed E-state index contributed by atoms with van der Waals surface area (Å²) in [5, 5.41) is 0. The highest BCUT2D eigenvalue weighted by atomic mass is 16.1. The summed E-state index contributed by atoms with van der Waals surface area (Å²) in [4.78, 5) is 20.3. The third-order valence-electron chi connectivity index (χ3n) is 3.00. The van der Waals surface area contributed by atoms with Crippen LogP contribution in [0.5, 0.6) is 0 Å². The van der Waals surface area contributed by atoms with Crippen molar-refractivity contribution in [2.75, 3.05) is 0 Å². The minimum Gasteiger partial charge on any atom is -0.365 e. The molecule has 2 aromatic rings. The van der Waals surface area contributed by atoms with Gasteiger partial charge < -0.3 is 10.3 Å².